The number of hydrogen-bond acceptors (Lipinski definition) is 6. The van der Waals surface area contributed by atoms with Crippen LogP contribution in [-0.4, -0.2) is 74.3 Å². The maximum atomic E-state index is 5.63. The van der Waals surface area contributed by atoms with Crippen molar-refractivity contribution in [1.29, 1.82) is 0 Å². The molecule has 0 unspecified atom stereocenters. The average Bonchev–Trinajstić information content (AvgIpc) is 3.23. The predicted octanol–water partition coefficient (Wildman–Crippen LogP) is -0.653. The third-order valence-electron chi connectivity index (χ3n) is 5.92. The molecule has 1 saturated heterocycles. The average molecular weight is 421 g/mol. The Kier molecular flexibility index (Phi) is 6.82. The molecule has 1 aromatic carbocycles. The minimum Gasteiger partial charge on any atom is -0.493 e. The molecule has 0 spiro atoms. The lowest BCUT2D eigenvalue weighted by molar-refractivity contribution is -1.02. The molecule has 1 atom stereocenters. The summed E-state index contributed by atoms with van der Waals surface area (Å²) in [6.07, 6.45) is 0. The number of likely N-dealkylation sites (N-methyl/N-ethyl adjacent to an activating group) is 1. The van der Waals surface area contributed by atoms with Gasteiger partial charge in [-0.1, -0.05) is 0 Å². The van der Waals surface area contributed by atoms with Crippen LogP contribution >= 0.6 is 0 Å². The Bertz CT molecular complexity index is 815. The van der Waals surface area contributed by atoms with Gasteiger partial charge < -0.3 is 24.0 Å². The van der Waals surface area contributed by atoms with Gasteiger partial charge in [0.05, 0.1) is 33.4 Å². The summed E-state index contributed by atoms with van der Waals surface area (Å²) in [5.41, 5.74) is 0.827. The van der Waals surface area contributed by atoms with Gasteiger partial charge in [-0.3, -0.25) is 0 Å². The van der Waals surface area contributed by atoms with Gasteiger partial charge in [0.1, 0.15) is 26.2 Å². The van der Waals surface area contributed by atoms with Crippen molar-refractivity contribution in [3.05, 3.63) is 23.5 Å². The molecule has 0 radical (unpaired) electrons. The van der Waals surface area contributed by atoms with Crippen molar-refractivity contribution in [3.63, 3.8) is 0 Å². The van der Waals surface area contributed by atoms with Crippen molar-refractivity contribution in [1.82, 2.24) is 20.2 Å². The first-order valence-corrected chi connectivity index (χ1v) is 10.6. The van der Waals surface area contributed by atoms with E-state index in [0.717, 1.165) is 44.1 Å². The first-order valence-electron chi connectivity index (χ1n) is 10.6. The molecule has 1 fully saturated rings. The first kappa shape index (κ1) is 22.3. The lowest BCUT2D eigenvalue weighted by atomic mass is 10.0. The molecule has 166 valence electrons. The van der Waals surface area contributed by atoms with Crippen LogP contribution in [0.5, 0.6) is 17.2 Å². The summed E-state index contributed by atoms with van der Waals surface area (Å²) in [7, 11) is 4.91. The molecule has 0 saturated carbocycles. The van der Waals surface area contributed by atoms with Gasteiger partial charge in [0.15, 0.2) is 17.5 Å². The summed E-state index contributed by atoms with van der Waals surface area (Å²) >= 11 is 0. The Labute approximate surface area is 178 Å². The van der Waals surface area contributed by atoms with E-state index in [1.807, 2.05) is 16.8 Å². The van der Waals surface area contributed by atoms with Gasteiger partial charge in [-0.05, 0) is 50.3 Å². The van der Waals surface area contributed by atoms with Crippen LogP contribution in [0.2, 0.25) is 0 Å². The molecule has 2 N–H and O–H groups in total. The van der Waals surface area contributed by atoms with Crippen LogP contribution in [0.25, 0.3) is 0 Å². The number of hydrogen-bond donors (Lipinski definition) is 2. The fourth-order valence-electron chi connectivity index (χ4n) is 4.25. The summed E-state index contributed by atoms with van der Waals surface area (Å²) < 4.78 is 18.7. The zero-order chi connectivity index (χ0) is 21.9. The number of quaternary nitrogens is 2. The molecular weight excluding hydrogens is 384 g/mol. The molecule has 2 aromatic rings. The molecule has 2 heterocycles. The van der Waals surface area contributed by atoms with Gasteiger partial charge in [0, 0.05) is 5.56 Å². The van der Waals surface area contributed by atoms with E-state index in [9.17, 15) is 0 Å². The lowest BCUT2D eigenvalue weighted by Gasteiger charge is -2.35. The van der Waals surface area contributed by atoms with Crippen molar-refractivity contribution in [2.24, 2.45) is 0 Å². The highest BCUT2D eigenvalue weighted by Gasteiger charge is 2.38. The standard InChI is InChI=1S/C21H34N6O3/c1-8-25-9-11-26(12-10-25)18(20-22-23-24-27(20)21(2,3)4)15-13-16(28-5)19(30-7)17(14-15)29-6/h13-14,18H,8-12H2,1-7H3/p+2/t18-/m0/s1. The van der Waals surface area contributed by atoms with Crippen molar-refractivity contribution >= 4 is 0 Å². The minimum atomic E-state index is -0.229. The van der Waals surface area contributed by atoms with E-state index in [-0.39, 0.29) is 11.6 Å². The molecule has 1 aromatic heterocycles. The molecule has 1 aliphatic rings. The third-order valence-corrected chi connectivity index (χ3v) is 5.92. The van der Waals surface area contributed by atoms with E-state index < -0.39 is 0 Å². The fourth-order valence-corrected chi connectivity index (χ4v) is 4.25. The summed E-state index contributed by atoms with van der Waals surface area (Å²) in [6, 6.07) is 4.02. The highest BCUT2D eigenvalue weighted by atomic mass is 16.5. The minimum absolute atomic E-state index is 0.0358. The lowest BCUT2D eigenvalue weighted by Crippen LogP contribution is -3.28. The maximum Gasteiger partial charge on any atom is 0.214 e. The van der Waals surface area contributed by atoms with E-state index in [1.165, 1.54) is 4.90 Å². The number of ether oxygens (including phenoxy) is 3. The van der Waals surface area contributed by atoms with Crippen LogP contribution in [-0.2, 0) is 5.54 Å². The summed E-state index contributed by atoms with van der Waals surface area (Å²) in [5.74, 6) is 2.73. The molecule has 1 aliphatic heterocycles. The number of aromatic nitrogens is 4. The van der Waals surface area contributed by atoms with Gasteiger partial charge >= 0.3 is 0 Å². The second kappa shape index (κ2) is 9.18. The fraction of sp³-hybridized carbons (Fsp3) is 0.667. The van der Waals surface area contributed by atoms with Crippen molar-refractivity contribution in [2.75, 3.05) is 54.1 Å². The number of rotatable bonds is 7. The van der Waals surface area contributed by atoms with Crippen molar-refractivity contribution in [2.45, 2.75) is 39.3 Å². The largest absolute Gasteiger partial charge is 0.493 e. The van der Waals surface area contributed by atoms with Gasteiger partial charge in [0.25, 0.3) is 0 Å². The second-order valence-corrected chi connectivity index (χ2v) is 8.77. The molecule has 0 aliphatic carbocycles. The Hall–Kier alpha value is -2.39. The highest BCUT2D eigenvalue weighted by Crippen LogP contribution is 2.40. The number of benzene rings is 1. The van der Waals surface area contributed by atoms with E-state index >= 15 is 0 Å². The van der Waals surface area contributed by atoms with Crippen LogP contribution < -0.4 is 24.0 Å². The molecule has 3 rings (SSSR count). The summed E-state index contributed by atoms with van der Waals surface area (Å²) in [4.78, 5) is 3.08. The molecule has 9 nitrogen and oxygen atoms in total. The van der Waals surface area contributed by atoms with Crippen LogP contribution in [0.4, 0.5) is 0 Å². The first-order chi connectivity index (χ1) is 14.3. The third kappa shape index (κ3) is 4.37. The molecule has 9 heteroatoms. The molecule has 0 amide bonds. The smallest absolute Gasteiger partial charge is 0.214 e. The Morgan fingerprint density at radius 3 is 2.07 bits per heavy atom. The monoisotopic (exact) mass is 420 g/mol. The van der Waals surface area contributed by atoms with Gasteiger partial charge in [-0.2, -0.15) is 0 Å². The van der Waals surface area contributed by atoms with E-state index in [0.29, 0.717) is 17.2 Å². The summed E-state index contributed by atoms with van der Waals surface area (Å²) in [5, 5.41) is 12.9. The van der Waals surface area contributed by atoms with Crippen molar-refractivity contribution in [3.8, 4) is 17.2 Å². The number of tetrazole rings is 1. The van der Waals surface area contributed by atoms with E-state index in [1.54, 1.807) is 26.2 Å². The SMILES string of the molecule is CC[NH+]1CC[NH+]([C@@H](c2cc(OC)c(OC)c(OC)c2)c2nnnn2C(C)(C)C)CC1. The zero-order valence-electron chi connectivity index (χ0n) is 19.3. The van der Waals surface area contributed by atoms with Crippen LogP contribution in [0.1, 0.15) is 45.1 Å². The summed E-state index contributed by atoms with van der Waals surface area (Å²) in [6.45, 7) is 14.1. The number of nitrogens with one attached hydrogen (secondary N) is 2. The number of methoxy groups -OCH3 is 3. The Morgan fingerprint density at radius 2 is 1.60 bits per heavy atom. The van der Waals surface area contributed by atoms with E-state index in [2.05, 4.69) is 43.2 Å². The topological polar surface area (TPSA) is 80.2 Å². The molecule has 30 heavy (non-hydrogen) atoms. The molecule has 0 bridgehead atoms. The highest BCUT2D eigenvalue weighted by molar-refractivity contribution is 5.54. The quantitative estimate of drug-likeness (QED) is 0.620. The molecular formula is C21H36N6O3+2. The van der Waals surface area contributed by atoms with Crippen LogP contribution in [0, 0.1) is 0 Å². The Morgan fingerprint density at radius 1 is 1.00 bits per heavy atom. The predicted molar refractivity (Wildman–Crippen MR) is 113 cm³/mol. The van der Waals surface area contributed by atoms with Crippen LogP contribution in [0.15, 0.2) is 12.1 Å². The van der Waals surface area contributed by atoms with E-state index in [4.69, 9.17) is 14.2 Å². The maximum absolute atomic E-state index is 5.63. The van der Waals surface area contributed by atoms with Gasteiger partial charge in [0.2, 0.25) is 11.6 Å². The normalized spacial score (nSPS) is 20.6. The zero-order valence-corrected chi connectivity index (χ0v) is 19.3. The van der Waals surface area contributed by atoms with Crippen molar-refractivity contribution < 1.29 is 24.0 Å². The second-order valence-electron chi connectivity index (χ2n) is 8.77. The van der Waals surface area contributed by atoms with Gasteiger partial charge in [-0.25, -0.2) is 4.68 Å². The van der Waals surface area contributed by atoms with Gasteiger partial charge in [-0.15, -0.1) is 5.10 Å². The number of nitrogens with zero attached hydrogens (tertiary/aromatic N) is 4. The number of piperazine rings is 1. The van der Waals surface area contributed by atoms with Crippen LogP contribution in [0.3, 0.4) is 0 Å². The Balaban J connectivity index is 2.13.